The fourth-order valence-corrected chi connectivity index (χ4v) is 2.24. The third kappa shape index (κ3) is 5.42. The third-order valence-corrected chi connectivity index (χ3v) is 3.26. The van der Waals surface area contributed by atoms with Crippen LogP contribution in [0.1, 0.15) is 47.0 Å². The number of likely N-dealkylation sites (tertiary alicyclic amines) is 1. The van der Waals surface area contributed by atoms with Gasteiger partial charge in [0, 0.05) is 26.2 Å². The molecule has 1 saturated heterocycles. The van der Waals surface area contributed by atoms with Crippen LogP contribution in [-0.2, 0) is 0 Å². The minimum atomic E-state index is 0.738. The van der Waals surface area contributed by atoms with Gasteiger partial charge in [-0.3, -0.25) is 4.99 Å². The lowest BCUT2D eigenvalue weighted by Gasteiger charge is -2.33. The van der Waals surface area contributed by atoms with Crippen LogP contribution in [0.4, 0.5) is 0 Å². The van der Waals surface area contributed by atoms with Gasteiger partial charge in [-0.05, 0) is 38.0 Å². The number of piperidine rings is 1. The van der Waals surface area contributed by atoms with Crippen LogP contribution in [-0.4, -0.2) is 37.0 Å². The summed E-state index contributed by atoms with van der Waals surface area (Å²) in [4.78, 5) is 7.17. The van der Waals surface area contributed by atoms with E-state index in [0.717, 1.165) is 44.0 Å². The van der Waals surface area contributed by atoms with Crippen molar-refractivity contribution in [3.8, 4) is 0 Å². The first-order chi connectivity index (χ1) is 8.13. The predicted octanol–water partition coefficient (Wildman–Crippen LogP) is 2.73. The van der Waals surface area contributed by atoms with E-state index in [-0.39, 0.29) is 0 Å². The molecule has 0 saturated carbocycles. The summed E-state index contributed by atoms with van der Waals surface area (Å²) in [6.07, 6.45) is 3.84. The summed E-state index contributed by atoms with van der Waals surface area (Å²) in [6.45, 7) is 13.2. The van der Waals surface area contributed by atoms with Gasteiger partial charge >= 0.3 is 0 Å². The SMILES string of the molecule is CCNC(=NCCC(C)C)N1CCCC(C)C1. The smallest absolute Gasteiger partial charge is 0.193 e. The van der Waals surface area contributed by atoms with Gasteiger partial charge < -0.3 is 10.2 Å². The van der Waals surface area contributed by atoms with E-state index < -0.39 is 0 Å². The molecule has 1 aliphatic rings. The Morgan fingerprint density at radius 3 is 2.82 bits per heavy atom. The monoisotopic (exact) mass is 239 g/mol. The summed E-state index contributed by atoms with van der Waals surface area (Å²) in [7, 11) is 0. The number of aliphatic imine (C=N–C) groups is 1. The van der Waals surface area contributed by atoms with Crippen molar-refractivity contribution >= 4 is 5.96 Å². The molecule has 1 atom stereocenters. The van der Waals surface area contributed by atoms with E-state index >= 15 is 0 Å². The Morgan fingerprint density at radius 2 is 2.24 bits per heavy atom. The maximum absolute atomic E-state index is 4.74. The van der Waals surface area contributed by atoms with Gasteiger partial charge in [-0.15, -0.1) is 0 Å². The van der Waals surface area contributed by atoms with Crippen molar-refractivity contribution in [2.24, 2.45) is 16.8 Å². The molecule has 0 spiro atoms. The Balaban J connectivity index is 2.50. The summed E-state index contributed by atoms with van der Waals surface area (Å²) < 4.78 is 0. The number of rotatable bonds is 4. The molecule has 3 heteroatoms. The highest BCUT2D eigenvalue weighted by Crippen LogP contribution is 2.15. The molecule has 0 bridgehead atoms. The zero-order valence-electron chi connectivity index (χ0n) is 12.0. The topological polar surface area (TPSA) is 27.6 Å². The van der Waals surface area contributed by atoms with E-state index in [1.165, 1.54) is 19.3 Å². The molecule has 0 aromatic carbocycles. The molecule has 17 heavy (non-hydrogen) atoms. The van der Waals surface area contributed by atoms with Gasteiger partial charge in [0.1, 0.15) is 0 Å². The minimum Gasteiger partial charge on any atom is -0.357 e. The summed E-state index contributed by atoms with van der Waals surface area (Å²) >= 11 is 0. The highest BCUT2D eigenvalue weighted by atomic mass is 15.3. The number of nitrogens with one attached hydrogen (secondary N) is 1. The second-order valence-electron chi connectivity index (χ2n) is 5.61. The lowest BCUT2D eigenvalue weighted by Crippen LogP contribution is -2.46. The summed E-state index contributed by atoms with van der Waals surface area (Å²) in [6, 6.07) is 0. The Hall–Kier alpha value is -0.730. The van der Waals surface area contributed by atoms with Gasteiger partial charge in [-0.1, -0.05) is 20.8 Å². The normalized spacial score (nSPS) is 22.1. The van der Waals surface area contributed by atoms with Crippen LogP contribution < -0.4 is 5.32 Å². The highest BCUT2D eigenvalue weighted by Gasteiger charge is 2.18. The Bertz CT molecular complexity index is 236. The molecule has 1 N–H and O–H groups in total. The average Bonchev–Trinajstić information content (AvgIpc) is 2.27. The molecule has 1 fully saturated rings. The van der Waals surface area contributed by atoms with Crippen molar-refractivity contribution in [1.29, 1.82) is 0 Å². The molecular weight excluding hydrogens is 210 g/mol. The molecule has 1 heterocycles. The standard InChI is InChI=1S/C14H29N3/c1-5-15-14(16-9-8-12(2)3)17-10-6-7-13(4)11-17/h12-13H,5-11H2,1-4H3,(H,15,16). The molecule has 0 radical (unpaired) electrons. The zero-order valence-corrected chi connectivity index (χ0v) is 12.0. The van der Waals surface area contributed by atoms with Crippen LogP contribution in [0, 0.1) is 11.8 Å². The quantitative estimate of drug-likeness (QED) is 0.603. The van der Waals surface area contributed by atoms with Gasteiger partial charge in [-0.2, -0.15) is 0 Å². The first kappa shape index (κ1) is 14.3. The van der Waals surface area contributed by atoms with E-state index in [0.29, 0.717) is 0 Å². The van der Waals surface area contributed by atoms with Gasteiger partial charge in [0.25, 0.3) is 0 Å². The van der Waals surface area contributed by atoms with E-state index in [9.17, 15) is 0 Å². The first-order valence-corrected chi connectivity index (χ1v) is 7.16. The summed E-state index contributed by atoms with van der Waals surface area (Å²) in [5, 5.41) is 3.42. The second-order valence-corrected chi connectivity index (χ2v) is 5.61. The molecule has 0 aromatic heterocycles. The lowest BCUT2D eigenvalue weighted by atomic mass is 10.0. The van der Waals surface area contributed by atoms with E-state index in [1.54, 1.807) is 0 Å². The second kappa shape index (κ2) is 7.57. The van der Waals surface area contributed by atoms with E-state index in [2.05, 4.69) is 37.9 Å². The van der Waals surface area contributed by atoms with Crippen LogP contribution in [0.3, 0.4) is 0 Å². The summed E-state index contributed by atoms with van der Waals surface area (Å²) in [5.41, 5.74) is 0. The van der Waals surface area contributed by atoms with Crippen molar-refractivity contribution in [2.75, 3.05) is 26.2 Å². The number of hydrogen-bond acceptors (Lipinski definition) is 1. The van der Waals surface area contributed by atoms with Gasteiger partial charge in [-0.25, -0.2) is 0 Å². The molecule has 1 aliphatic heterocycles. The van der Waals surface area contributed by atoms with Gasteiger partial charge in [0.15, 0.2) is 5.96 Å². The highest BCUT2D eigenvalue weighted by molar-refractivity contribution is 5.80. The van der Waals surface area contributed by atoms with E-state index in [1.807, 2.05) is 0 Å². The Kier molecular flexibility index (Phi) is 6.38. The Labute approximate surface area is 107 Å². The van der Waals surface area contributed by atoms with Crippen molar-refractivity contribution in [1.82, 2.24) is 10.2 Å². The molecule has 0 aromatic rings. The van der Waals surface area contributed by atoms with Crippen LogP contribution in [0.25, 0.3) is 0 Å². The number of guanidine groups is 1. The predicted molar refractivity (Wildman–Crippen MR) is 75.4 cm³/mol. The van der Waals surface area contributed by atoms with Gasteiger partial charge in [0.2, 0.25) is 0 Å². The maximum atomic E-state index is 4.74. The molecule has 100 valence electrons. The third-order valence-electron chi connectivity index (χ3n) is 3.26. The van der Waals surface area contributed by atoms with Crippen molar-refractivity contribution in [2.45, 2.75) is 47.0 Å². The Morgan fingerprint density at radius 1 is 1.47 bits per heavy atom. The van der Waals surface area contributed by atoms with Crippen LogP contribution in [0.15, 0.2) is 4.99 Å². The van der Waals surface area contributed by atoms with Crippen LogP contribution >= 0.6 is 0 Å². The van der Waals surface area contributed by atoms with E-state index in [4.69, 9.17) is 4.99 Å². The largest absolute Gasteiger partial charge is 0.357 e. The van der Waals surface area contributed by atoms with Crippen molar-refractivity contribution in [3.63, 3.8) is 0 Å². The molecule has 0 amide bonds. The average molecular weight is 239 g/mol. The first-order valence-electron chi connectivity index (χ1n) is 7.16. The van der Waals surface area contributed by atoms with Gasteiger partial charge in [0.05, 0.1) is 0 Å². The maximum Gasteiger partial charge on any atom is 0.193 e. The molecule has 0 aliphatic carbocycles. The lowest BCUT2D eigenvalue weighted by molar-refractivity contribution is 0.266. The summed E-state index contributed by atoms with van der Waals surface area (Å²) in [5.74, 6) is 2.67. The molecule has 1 unspecified atom stereocenters. The minimum absolute atomic E-state index is 0.738. The zero-order chi connectivity index (χ0) is 12.7. The number of nitrogens with zero attached hydrogens (tertiary/aromatic N) is 2. The van der Waals surface area contributed by atoms with Crippen molar-refractivity contribution < 1.29 is 0 Å². The number of hydrogen-bond donors (Lipinski definition) is 1. The van der Waals surface area contributed by atoms with Crippen molar-refractivity contribution in [3.05, 3.63) is 0 Å². The molecular formula is C14H29N3. The molecule has 3 nitrogen and oxygen atoms in total. The molecule has 1 rings (SSSR count). The fraction of sp³-hybridized carbons (Fsp3) is 0.929. The van der Waals surface area contributed by atoms with Crippen LogP contribution in [0.5, 0.6) is 0 Å². The van der Waals surface area contributed by atoms with Crippen LogP contribution in [0.2, 0.25) is 0 Å². The fourth-order valence-electron chi connectivity index (χ4n) is 2.24.